The first kappa shape index (κ1) is 12.1. The molecule has 0 fully saturated rings. The van der Waals surface area contributed by atoms with Gasteiger partial charge in [0.05, 0.1) is 11.5 Å². The Morgan fingerprint density at radius 2 is 1.88 bits per heavy atom. The van der Waals surface area contributed by atoms with Gasteiger partial charge in [-0.3, -0.25) is 4.99 Å². The van der Waals surface area contributed by atoms with Gasteiger partial charge in [0.15, 0.2) is 5.66 Å². The van der Waals surface area contributed by atoms with E-state index in [4.69, 9.17) is 14.7 Å². The third kappa shape index (κ3) is 2.19. The van der Waals surface area contributed by atoms with Crippen LogP contribution in [0.3, 0.4) is 0 Å². The van der Waals surface area contributed by atoms with Gasteiger partial charge in [-0.2, -0.15) is 0 Å². The van der Waals surface area contributed by atoms with E-state index in [1.165, 1.54) is 0 Å². The van der Waals surface area contributed by atoms with Gasteiger partial charge in [0.25, 0.3) is 0 Å². The average Bonchev–Trinajstić information content (AvgIpc) is 2.69. The van der Waals surface area contributed by atoms with Crippen LogP contribution in [0.4, 0.5) is 0 Å². The van der Waals surface area contributed by atoms with Crippen molar-refractivity contribution in [2.45, 2.75) is 52.3 Å². The minimum Gasteiger partial charge on any atom is -0.489 e. The first-order valence-electron chi connectivity index (χ1n) is 6.35. The Kier molecular flexibility index (Phi) is 3.18. The van der Waals surface area contributed by atoms with Crippen molar-refractivity contribution in [1.82, 2.24) is 0 Å². The van der Waals surface area contributed by atoms with Crippen molar-refractivity contribution in [3.8, 4) is 5.75 Å². The number of fused-ring (bicyclic) bond motifs is 1. The molecule has 0 aliphatic carbocycles. The number of para-hydroxylation sites is 1. The van der Waals surface area contributed by atoms with Crippen LogP contribution in [0.5, 0.6) is 5.75 Å². The van der Waals surface area contributed by atoms with Crippen LogP contribution < -0.4 is 15.5 Å². The molecule has 17 heavy (non-hydrogen) atoms. The summed E-state index contributed by atoms with van der Waals surface area (Å²) in [6.07, 6.45) is 2.02. The molecule has 0 spiro atoms. The zero-order valence-corrected chi connectivity index (χ0v) is 11.0. The van der Waals surface area contributed by atoms with Crippen LogP contribution in [0, 0.1) is 0 Å². The monoisotopic (exact) mass is 232 g/mol. The van der Waals surface area contributed by atoms with Crippen LogP contribution in [-0.4, -0.2) is 11.8 Å². The number of ether oxygens (including phenoxy) is 1. The minimum atomic E-state index is -0.265. The van der Waals surface area contributed by atoms with Gasteiger partial charge in [-0.15, -0.1) is 0 Å². The molecule has 2 rings (SSSR count). The van der Waals surface area contributed by atoms with Gasteiger partial charge in [-0.1, -0.05) is 19.9 Å². The van der Waals surface area contributed by atoms with Crippen LogP contribution in [0.25, 0.3) is 0 Å². The Balaban J connectivity index is 2.54. The van der Waals surface area contributed by atoms with Gasteiger partial charge in [0.2, 0.25) is 0 Å². The Hall–Kier alpha value is -1.38. The molecular formula is C14H20N2O. The SMILES string of the molecule is CCC1(CC)N=c2cccc(OC(C)C)c2=N1. The van der Waals surface area contributed by atoms with Gasteiger partial charge in [0, 0.05) is 0 Å². The Bertz CT molecular complexity index is 516. The number of nitrogens with zero attached hydrogens (tertiary/aromatic N) is 2. The molecule has 1 heterocycles. The summed E-state index contributed by atoms with van der Waals surface area (Å²) >= 11 is 0. The van der Waals surface area contributed by atoms with E-state index in [9.17, 15) is 0 Å². The summed E-state index contributed by atoms with van der Waals surface area (Å²) in [6.45, 7) is 8.31. The minimum absolute atomic E-state index is 0.162. The molecule has 0 saturated heterocycles. The first-order valence-corrected chi connectivity index (χ1v) is 6.35. The number of benzene rings is 1. The van der Waals surface area contributed by atoms with E-state index in [0.29, 0.717) is 0 Å². The lowest BCUT2D eigenvalue weighted by atomic mass is 10.1. The Morgan fingerprint density at radius 1 is 1.18 bits per heavy atom. The highest BCUT2D eigenvalue weighted by Gasteiger charge is 2.27. The van der Waals surface area contributed by atoms with E-state index in [0.717, 1.165) is 29.3 Å². The van der Waals surface area contributed by atoms with Crippen LogP contribution in [-0.2, 0) is 0 Å². The largest absolute Gasteiger partial charge is 0.489 e. The molecule has 1 aromatic rings. The van der Waals surface area contributed by atoms with Crippen LogP contribution >= 0.6 is 0 Å². The maximum absolute atomic E-state index is 5.79. The van der Waals surface area contributed by atoms with E-state index in [1.54, 1.807) is 0 Å². The third-order valence-corrected chi connectivity index (χ3v) is 3.12. The van der Waals surface area contributed by atoms with Crippen LogP contribution in [0.1, 0.15) is 40.5 Å². The van der Waals surface area contributed by atoms with Crippen molar-refractivity contribution >= 4 is 0 Å². The molecule has 0 unspecified atom stereocenters. The molecule has 0 bridgehead atoms. The molecule has 0 atom stereocenters. The Morgan fingerprint density at radius 3 is 2.47 bits per heavy atom. The molecule has 0 radical (unpaired) electrons. The molecule has 3 nitrogen and oxygen atoms in total. The van der Waals surface area contributed by atoms with E-state index < -0.39 is 0 Å². The van der Waals surface area contributed by atoms with Crippen LogP contribution in [0.15, 0.2) is 28.2 Å². The van der Waals surface area contributed by atoms with Crippen molar-refractivity contribution in [1.29, 1.82) is 0 Å². The molecule has 0 saturated carbocycles. The summed E-state index contributed by atoms with van der Waals surface area (Å²) in [7, 11) is 0. The predicted octanol–water partition coefficient (Wildman–Crippen LogP) is 2.24. The number of hydrogen-bond donors (Lipinski definition) is 0. The van der Waals surface area contributed by atoms with E-state index >= 15 is 0 Å². The van der Waals surface area contributed by atoms with Crippen molar-refractivity contribution < 1.29 is 4.74 Å². The first-order chi connectivity index (χ1) is 8.10. The van der Waals surface area contributed by atoms with E-state index in [-0.39, 0.29) is 11.8 Å². The zero-order valence-electron chi connectivity index (χ0n) is 11.0. The summed E-state index contributed by atoms with van der Waals surface area (Å²) in [5, 5.41) is 1.89. The molecule has 3 heteroatoms. The van der Waals surface area contributed by atoms with E-state index in [1.807, 2.05) is 32.0 Å². The summed E-state index contributed by atoms with van der Waals surface area (Å²) in [6, 6.07) is 5.97. The van der Waals surface area contributed by atoms with Gasteiger partial charge in [-0.25, -0.2) is 4.99 Å². The fourth-order valence-corrected chi connectivity index (χ4v) is 2.09. The molecule has 1 aromatic carbocycles. The maximum atomic E-state index is 5.79. The lowest BCUT2D eigenvalue weighted by Gasteiger charge is -2.18. The molecule has 0 aromatic heterocycles. The highest BCUT2D eigenvalue weighted by molar-refractivity contribution is 5.23. The standard InChI is InChI=1S/C14H20N2O/c1-5-14(6-2)15-11-8-7-9-12(13(11)16-14)17-10(3)4/h7-10H,5-6H2,1-4H3. The second-order valence-electron chi connectivity index (χ2n) is 4.70. The summed E-state index contributed by atoms with van der Waals surface area (Å²) in [5.74, 6) is 0.852. The lowest BCUT2D eigenvalue weighted by molar-refractivity contribution is 0.238. The fraction of sp³-hybridized carbons (Fsp3) is 0.571. The predicted molar refractivity (Wildman–Crippen MR) is 67.8 cm³/mol. The second-order valence-corrected chi connectivity index (χ2v) is 4.70. The van der Waals surface area contributed by atoms with Crippen molar-refractivity contribution in [2.75, 3.05) is 0 Å². The molecule has 1 aliphatic heterocycles. The number of rotatable bonds is 4. The van der Waals surface area contributed by atoms with Gasteiger partial charge in [0.1, 0.15) is 11.1 Å². The lowest BCUT2D eigenvalue weighted by Crippen LogP contribution is -2.25. The fourth-order valence-electron chi connectivity index (χ4n) is 2.09. The summed E-state index contributed by atoms with van der Waals surface area (Å²) < 4.78 is 5.79. The van der Waals surface area contributed by atoms with Crippen molar-refractivity contribution in [3.63, 3.8) is 0 Å². The van der Waals surface area contributed by atoms with Crippen molar-refractivity contribution in [2.24, 2.45) is 9.98 Å². The molecular weight excluding hydrogens is 212 g/mol. The normalized spacial score (nSPS) is 16.3. The maximum Gasteiger partial charge on any atom is 0.151 e. The molecule has 1 aliphatic rings. The molecule has 92 valence electrons. The average molecular weight is 232 g/mol. The third-order valence-electron chi connectivity index (χ3n) is 3.12. The molecule has 0 N–H and O–H groups in total. The highest BCUT2D eigenvalue weighted by Crippen LogP contribution is 2.23. The smallest absolute Gasteiger partial charge is 0.151 e. The summed E-state index contributed by atoms with van der Waals surface area (Å²) in [5.41, 5.74) is -0.265. The zero-order chi connectivity index (χ0) is 12.5. The second kappa shape index (κ2) is 4.47. The van der Waals surface area contributed by atoms with Gasteiger partial charge < -0.3 is 4.74 Å². The van der Waals surface area contributed by atoms with Crippen LogP contribution in [0.2, 0.25) is 0 Å². The van der Waals surface area contributed by atoms with Gasteiger partial charge >= 0.3 is 0 Å². The topological polar surface area (TPSA) is 34.0 Å². The summed E-state index contributed by atoms with van der Waals surface area (Å²) in [4.78, 5) is 9.52. The quantitative estimate of drug-likeness (QED) is 0.784. The van der Waals surface area contributed by atoms with E-state index in [2.05, 4.69) is 13.8 Å². The van der Waals surface area contributed by atoms with Gasteiger partial charge in [-0.05, 0) is 38.8 Å². The molecule has 0 amide bonds. The highest BCUT2D eigenvalue weighted by atomic mass is 16.5. The number of hydrogen-bond acceptors (Lipinski definition) is 3. The van der Waals surface area contributed by atoms with Crippen molar-refractivity contribution in [3.05, 3.63) is 28.9 Å². The Labute approximate surface area is 102 Å².